The number of hydrogen-bond acceptors (Lipinski definition) is 4. The van der Waals surface area contributed by atoms with Crippen LogP contribution >= 0.6 is 23.2 Å². The summed E-state index contributed by atoms with van der Waals surface area (Å²) in [6.45, 7) is 0. The number of furan rings is 1. The molecule has 94 valence electrons. The number of carbonyl (C=O) groups is 1. The van der Waals surface area contributed by atoms with Crippen LogP contribution in [-0.2, 0) is 0 Å². The molecule has 0 N–H and O–H groups in total. The lowest BCUT2D eigenvalue weighted by atomic mass is 10.2. The SMILES string of the molecule is O=Cc1c(Cl)ncnc1-c1cc2cc(Cl)ccc2o1. The van der Waals surface area contributed by atoms with Gasteiger partial charge in [0.25, 0.3) is 0 Å². The Morgan fingerprint density at radius 2 is 2.00 bits per heavy atom. The monoisotopic (exact) mass is 292 g/mol. The van der Waals surface area contributed by atoms with Gasteiger partial charge in [0.1, 0.15) is 22.8 Å². The van der Waals surface area contributed by atoms with Crippen LogP contribution in [0.1, 0.15) is 10.4 Å². The zero-order valence-electron chi connectivity index (χ0n) is 9.43. The number of rotatable bonds is 2. The second-order valence-electron chi connectivity index (χ2n) is 3.84. The molecule has 0 saturated carbocycles. The van der Waals surface area contributed by atoms with Crippen LogP contribution in [0.2, 0.25) is 10.2 Å². The van der Waals surface area contributed by atoms with Gasteiger partial charge in [0.2, 0.25) is 0 Å². The average Bonchev–Trinajstić information content (AvgIpc) is 2.81. The lowest BCUT2D eigenvalue weighted by Crippen LogP contribution is -1.94. The zero-order chi connectivity index (χ0) is 13.4. The molecule has 0 radical (unpaired) electrons. The molecule has 0 spiro atoms. The summed E-state index contributed by atoms with van der Waals surface area (Å²) < 4.78 is 5.64. The van der Waals surface area contributed by atoms with Crippen molar-refractivity contribution in [2.45, 2.75) is 0 Å². The van der Waals surface area contributed by atoms with Gasteiger partial charge in [-0.05, 0) is 24.3 Å². The molecule has 3 aromatic rings. The molecule has 0 aliphatic carbocycles. The fourth-order valence-electron chi connectivity index (χ4n) is 1.81. The van der Waals surface area contributed by atoms with Crippen LogP contribution in [0.3, 0.4) is 0 Å². The fourth-order valence-corrected chi connectivity index (χ4v) is 2.16. The number of halogens is 2. The van der Waals surface area contributed by atoms with E-state index in [4.69, 9.17) is 27.6 Å². The van der Waals surface area contributed by atoms with Crippen LogP contribution in [0, 0.1) is 0 Å². The summed E-state index contributed by atoms with van der Waals surface area (Å²) in [6, 6.07) is 7.01. The number of carbonyl (C=O) groups excluding carboxylic acids is 1. The van der Waals surface area contributed by atoms with Gasteiger partial charge < -0.3 is 4.42 Å². The topological polar surface area (TPSA) is 56.0 Å². The van der Waals surface area contributed by atoms with Gasteiger partial charge in [0.05, 0.1) is 5.56 Å². The third-order valence-corrected chi connectivity index (χ3v) is 3.20. The first-order chi connectivity index (χ1) is 9.19. The van der Waals surface area contributed by atoms with E-state index in [9.17, 15) is 4.79 Å². The Hall–Kier alpha value is -1.91. The summed E-state index contributed by atoms with van der Waals surface area (Å²) in [5.41, 5.74) is 1.22. The number of fused-ring (bicyclic) bond motifs is 1. The van der Waals surface area contributed by atoms with Gasteiger partial charge in [-0.3, -0.25) is 4.79 Å². The highest BCUT2D eigenvalue weighted by Crippen LogP contribution is 2.31. The molecule has 2 aromatic heterocycles. The summed E-state index contributed by atoms with van der Waals surface area (Å²) in [7, 11) is 0. The number of aromatic nitrogens is 2. The van der Waals surface area contributed by atoms with Gasteiger partial charge >= 0.3 is 0 Å². The molecule has 0 aliphatic heterocycles. The summed E-state index contributed by atoms with van der Waals surface area (Å²) in [5, 5.41) is 1.53. The summed E-state index contributed by atoms with van der Waals surface area (Å²) in [5.74, 6) is 0.448. The van der Waals surface area contributed by atoms with Crippen molar-refractivity contribution in [2.75, 3.05) is 0 Å². The van der Waals surface area contributed by atoms with E-state index < -0.39 is 0 Å². The van der Waals surface area contributed by atoms with Crippen LogP contribution in [-0.4, -0.2) is 16.3 Å². The summed E-state index contributed by atoms with van der Waals surface area (Å²) in [4.78, 5) is 18.9. The molecule has 0 bridgehead atoms. The van der Waals surface area contributed by atoms with Crippen molar-refractivity contribution in [3.8, 4) is 11.5 Å². The van der Waals surface area contributed by atoms with Crippen molar-refractivity contribution < 1.29 is 9.21 Å². The fraction of sp³-hybridized carbons (Fsp3) is 0. The molecule has 4 nitrogen and oxygen atoms in total. The van der Waals surface area contributed by atoms with Gasteiger partial charge in [-0.15, -0.1) is 0 Å². The molecule has 0 atom stereocenters. The van der Waals surface area contributed by atoms with E-state index in [1.54, 1.807) is 24.3 Å². The van der Waals surface area contributed by atoms with E-state index in [1.807, 2.05) is 0 Å². The highest BCUT2D eigenvalue weighted by Gasteiger charge is 2.15. The van der Waals surface area contributed by atoms with E-state index in [0.29, 0.717) is 28.3 Å². The van der Waals surface area contributed by atoms with Crippen LogP contribution in [0.15, 0.2) is 35.0 Å². The first-order valence-electron chi connectivity index (χ1n) is 5.34. The first kappa shape index (κ1) is 12.1. The molecule has 1 aromatic carbocycles. The molecule has 0 aliphatic rings. The lowest BCUT2D eigenvalue weighted by Gasteiger charge is -2.00. The minimum absolute atomic E-state index is 0.0958. The van der Waals surface area contributed by atoms with Crippen molar-refractivity contribution in [2.24, 2.45) is 0 Å². The number of aldehydes is 1. The van der Waals surface area contributed by atoms with E-state index in [1.165, 1.54) is 6.33 Å². The third kappa shape index (κ3) is 2.09. The maximum Gasteiger partial charge on any atom is 0.155 e. The quantitative estimate of drug-likeness (QED) is 0.529. The Kier molecular flexibility index (Phi) is 2.97. The normalized spacial score (nSPS) is 10.8. The van der Waals surface area contributed by atoms with Gasteiger partial charge in [0.15, 0.2) is 12.0 Å². The van der Waals surface area contributed by atoms with Crippen molar-refractivity contribution in [1.29, 1.82) is 0 Å². The molecule has 0 saturated heterocycles. The number of nitrogens with zero attached hydrogens (tertiary/aromatic N) is 2. The van der Waals surface area contributed by atoms with Gasteiger partial charge in [-0.2, -0.15) is 0 Å². The minimum atomic E-state index is 0.0958. The van der Waals surface area contributed by atoms with Gasteiger partial charge in [-0.1, -0.05) is 23.2 Å². The van der Waals surface area contributed by atoms with Crippen LogP contribution < -0.4 is 0 Å². The van der Waals surface area contributed by atoms with Crippen molar-refractivity contribution in [1.82, 2.24) is 9.97 Å². The van der Waals surface area contributed by atoms with Crippen molar-refractivity contribution in [3.05, 3.63) is 46.3 Å². The van der Waals surface area contributed by atoms with Crippen LogP contribution in [0.4, 0.5) is 0 Å². The van der Waals surface area contributed by atoms with Crippen molar-refractivity contribution in [3.63, 3.8) is 0 Å². The predicted octanol–water partition coefficient (Wildman–Crippen LogP) is 4.01. The molecule has 6 heteroatoms. The first-order valence-corrected chi connectivity index (χ1v) is 6.10. The minimum Gasteiger partial charge on any atom is -0.454 e. The van der Waals surface area contributed by atoms with E-state index >= 15 is 0 Å². The molecule has 0 amide bonds. The van der Waals surface area contributed by atoms with Crippen LogP contribution in [0.25, 0.3) is 22.4 Å². The molecule has 2 heterocycles. The molecule has 19 heavy (non-hydrogen) atoms. The Labute approximate surface area is 118 Å². The van der Waals surface area contributed by atoms with E-state index in [-0.39, 0.29) is 10.7 Å². The van der Waals surface area contributed by atoms with Gasteiger partial charge in [0, 0.05) is 10.4 Å². The molecular formula is C13H6Cl2N2O2. The number of hydrogen-bond donors (Lipinski definition) is 0. The Balaban J connectivity index is 2.24. The lowest BCUT2D eigenvalue weighted by molar-refractivity contribution is 0.112. The number of benzene rings is 1. The third-order valence-electron chi connectivity index (χ3n) is 2.66. The van der Waals surface area contributed by atoms with Gasteiger partial charge in [-0.25, -0.2) is 9.97 Å². The summed E-state index contributed by atoms with van der Waals surface area (Å²) in [6.07, 6.45) is 1.89. The second kappa shape index (κ2) is 4.64. The highest BCUT2D eigenvalue weighted by atomic mass is 35.5. The van der Waals surface area contributed by atoms with Crippen molar-refractivity contribution >= 4 is 40.5 Å². The molecule has 0 unspecified atom stereocenters. The average molecular weight is 293 g/mol. The summed E-state index contributed by atoms with van der Waals surface area (Å²) >= 11 is 11.8. The smallest absolute Gasteiger partial charge is 0.155 e. The standard InChI is InChI=1S/C13H6Cl2N2O2/c14-8-1-2-10-7(3-8)4-11(19-10)12-9(5-18)13(15)17-6-16-12/h1-6H. The molecule has 3 rings (SSSR count). The predicted molar refractivity (Wildman–Crippen MR) is 72.6 cm³/mol. The highest BCUT2D eigenvalue weighted by molar-refractivity contribution is 6.32. The maximum atomic E-state index is 11.1. The zero-order valence-corrected chi connectivity index (χ0v) is 10.9. The van der Waals surface area contributed by atoms with Crippen LogP contribution in [0.5, 0.6) is 0 Å². The Morgan fingerprint density at radius 3 is 2.79 bits per heavy atom. The maximum absolute atomic E-state index is 11.1. The van der Waals surface area contributed by atoms with E-state index in [2.05, 4.69) is 9.97 Å². The Bertz CT molecular complexity index is 783. The largest absolute Gasteiger partial charge is 0.454 e. The molecular weight excluding hydrogens is 287 g/mol. The second-order valence-corrected chi connectivity index (χ2v) is 4.63. The molecule has 0 fully saturated rings. The Morgan fingerprint density at radius 1 is 1.16 bits per heavy atom. The van der Waals surface area contributed by atoms with E-state index in [0.717, 1.165) is 5.39 Å².